The highest BCUT2D eigenvalue weighted by Crippen LogP contribution is 2.18. The molecule has 0 saturated heterocycles. The monoisotopic (exact) mass is 439 g/mol. The average molecular weight is 440 g/mol. The first-order chi connectivity index (χ1) is 14.9. The van der Waals surface area contributed by atoms with Crippen LogP contribution in [0.2, 0.25) is 0 Å². The van der Waals surface area contributed by atoms with Crippen LogP contribution in [0.4, 0.5) is 5.69 Å². The number of thiophene rings is 1. The molecule has 1 N–H and O–H groups in total. The lowest BCUT2D eigenvalue weighted by atomic mass is 10.1. The maximum absolute atomic E-state index is 13.1. The van der Waals surface area contributed by atoms with E-state index in [9.17, 15) is 14.4 Å². The number of anilines is 1. The first-order valence-corrected chi connectivity index (χ1v) is 11.3. The second-order valence-electron chi connectivity index (χ2n) is 7.91. The number of nitrogens with zero attached hydrogens (tertiary/aromatic N) is 4. The summed E-state index contributed by atoms with van der Waals surface area (Å²) in [5, 5.41) is 9.03. The molecule has 9 heteroatoms. The van der Waals surface area contributed by atoms with Crippen molar-refractivity contribution < 1.29 is 4.79 Å². The van der Waals surface area contributed by atoms with Crippen molar-refractivity contribution in [1.82, 2.24) is 18.7 Å². The zero-order chi connectivity index (χ0) is 22.1. The minimum absolute atomic E-state index is 0.156. The minimum atomic E-state index is -0.435. The second kappa shape index (κ2) is 8.50. The van der Waals surface area contributed by atoms with E-state index in [-0.39, 0.29) is 23.8 Å². The number of amides is 1. The Morgan fingerprint density at radius 3 is 2.71 bits per heavy atom. The summed E-state index contributed by atoms with van der Waals surface area (Å²) in [7, 11) is 0. The van der Waals surface area contributed by atoms with E-state index < -0.39 is 5.69 Å². The van der Waals surface area contributed by atoms with Crippen LogP contribution in [0, 0.1) is 5.92 Å². The Labute approximate surface area is 182 Å². The minimum Gasteiger partial charge on any atom is -0.324 e. The molecule has 8 nitrogen and oxygen atoms in total. The normalized spacial score (nSPS) is 11.6. The van der Waals surface area contributed by atoms with Gasteiger partial charge in [-0.2, -0.15) is 0 Å². The summed E-state index contributed by atoms with van der Waals surface area (Å²) in [6.45, 7) is 6.40. The molecule has 3 aromatic heterocycles. The number of rotatable bonds is 7. The predicted molar refractivity (Wildman–Crippen MR) is 123 cm³/mol. The van der Waals surface area contributed by atoms with Gasteiger partial charge in [0.1, 0.15) is 11.2 Å². The molecule has 0 saturated carbocycles. The van der Waals surface area contributed by atoms with Crippen LogP contribution in [0.5, 0.6) is 0 Å². The molecule has 0 fully saturated rings. The van der Waals surface area contributed by atoms with E-state index >= 15 is 0 Å². The summed E-state index contributed by atoms with van der Waals surface area (Å²) in [6, 6.07) is 9.30. The van der Waals surface area contributed by atoms with Crippen molar-refractivity contribution in [2.45, 2.75) is 46.7 Å². The Kier molecular flexibility index (Phi) is 5.77. The van der Waals surface area contributed by atoms with Crippen molar-refractivity contribution in [3.63, 3.8) is 0 Å². The molecule has 0 radical (unpaired) electrons. The van der Waals surface area contributed by atoms with Gasteiger partial charge in [0.05, 0.1) is 5.52 Å². The lowest BCUT2D eigenvalue weighted by Crippen LogP contribution is -2.29. The molecule has 162 valence electrons. The number of aryl methyl sites for hydroxylation is 2. The predicted octanol–water partition coefficient (Wildman–Crippen LogP) is 3.12. The largest absolute Gasteiger partial charge is 0.352 e. The van der Waals surface area contributed by atoms with Gasteiger partial charge in [-0.3, -0.25) is 14.2 Å². The Hall–Kier alpha value is -3.20. The first-order valence-electron chi connectivity index (χ1n) is 10.4. The van der Waals surface area contributed by atoms with E-state index in [0.29, 0.717) is 22.7 Å². The number of fused-ring (bicyclic) bond motifs is 3. The van der Waals surface area contributed by atoms with E-state index in [1.807, 2.05) is 31.2 Å². The van der Waals surface area contributed by atoms with Gasteiger partial charge in [0.2, 0.25) is 11.7 Å². The van der Waals surface area contributed by atoms with Crippen molar-refractivity contribution >= 4 is 38.9 Å². The van der Waals surface area contributed by atoms with Crippen LogP contribution in [-0.2, 0) is 24.3 Å². The fourth-order valence-corrected chi connectivity index (χ4v) is 4.43. The second-order valence-corrected chi connectivity index (χ2v) is 8.82. The van der Waals surface area contributed by atoms with Crippen molar-refractivity contribution in [1.29, 1.82) is 0 Å². The molecular weight excluding hydrogens is 414 g/mol. The summed E-state index contributed by atoms with van der Waals surface area (Å²) in [4.78, 5) is 38.8. The van der Waals surface area contributed by atoms with Crippen LogP contribution < -0.4 is 16.6 Å². The topological polar surface area (TPSA) is 90.4 Å². The summed E-state index contributed by atoms with van der Waals surface area (Å²) < 4.78 is 4.61. The molecule has 3 heterocycles. The van der Waals surface area contributed by atoms with Crippen LogP contribution in [0.25, 0.3) is 16.0 Å². The number of nitrogens with one attached hydrogen (secondary N) is 1. The fraction of sp³-hybridized carbons (Fsp3) is 0.364. The van der Waals surface area contributed by atoms with Gasteiger partial charge in [-0.25, -0.2) is 13.9 Å². The highest BCUT2D eigenvalue weighted by Gasteiger charge is 2.19. The van der Waals surface area contributed by atoms with Crippen molar-refractivity contribution in [3.8, 4) is 0 Å². The van der Waals surface area contributed by atoms with E-state index in [1.54, 1.807) is 16.0 Å². The maximum Gasteiger partial charge on any atom is 0.352 e. The number of carbonyl (C=O) groups is 1. The lowest BCUT2D eigenvalue weighted by molar-refractivity contribution is -0.117. The number of benzene rings is 1. The van der Waals surface area contributed by atoms with E-state index in [1.165, 1.54) is 15.7 Å². The van der Waals surface area contributed by atoms with Gasteiger partial charge in [0, 0.05) is 12.2 Å². The summed E-state index contributed by atoms with van der Waals surface area (Å²) in [6.07, 6.45) is 1.56. The molecule has 0 aliphatic heterocycles. The SMILES string of the molecule is CCc1ccccc1NC(=O)Cn1nc2n(CCC(C)C)c(=O)c3sccc3n2c1=O. The number of aromatic nitrogens is 4. The fourth-order valence-electron chi connectivity index (χ4n) is 3.60. The molecule has 0 unspecified atom stereocenters. The number of para-hydroxylation sites is 1. The lowest BCUT2D eigenvalue weighted by Gasteiger charge is -2.09. The van der Waals surface area contributed by atoms with Crippen molar-refractivity contribution in [2.24, 2.45) is 5.92 Å². The van der Waals surface area contributed by atoms with Crippen molar-refractivity contribution in [2.75, 3.05) is 5.32 Å². The Morgan fingerprint density at radius 2 is 1.97 bits per heavy atom. The van der Waals surface area contributed by atoms with E-state index in [4.69, 9.17) is 0 Å². The van der Waals surface area contributed by atoms with Gasteiger partial charge in [-0.1, -0.05) is 39.0 Å². The summed E-state index contributed by atoms with van der Waals surface area (Å²) >= 11 is 1.31. The van der Waals surface area contributed by atoms with Crippen LogP contribution in [0.1, 0.15) is 32.8 Å². The molecule has 0 aliphatic carbocycles. The molecule has 0 spiro atoms. The smallest absolute Gasteiger partial charge is 0.324 e. The summed E-state index contributed by atoms with van der Waals surface area (Å²) in [5.74, 6) is 0.316. The third kappa shape index (κ3) is 3.93. The van der Waals surface area contributed by atoms with Crippen LogP contribution in [0.3, 0.4) is 0 Å². The Bertz CT molecular complexity index is 1380. The zero-order valence-electron chi connectivity index (χ0n) is 17.8. The third-order valence-electron chi connectivity index (χ3n) is 5.28. The molecule has 0 aliphatic rings. The van der Waals surface area contributed by atoms with Gasteiger partial charge >= 0.3 is 5.69 Å². The number of carbonyl (C=O) groups excluding carboxylic acids is 1. The van der Waals surface area contributed by atoms with Gasteiger partial charge in [0.15, 0.2) is 0 Å². The molecule has 1 amide bonds. The molecule has 4 aromatic rings. The molecular formula is C22H25N5O3S. The average Bonchev–Trinajstić information content (AvgIpc) is 3.33. The molecule has 0 bridgehead atoms. The van der Waals surface area contributed by atoms with Gasteiger partial charge in [0.25, 0.3) is 5.56 Å². The zero-order valence-corrected chi connectivity index (χ0v) is 18.6. The highest BCUT2D eigenvalue weighted by atomic mass is 32.1. The molecule has 4 rings (SSSR count). The van der Waals surface area contributed by atoms with Crippen LogP contribution in [-0.4, -0.2) is 24.7 Å². The van der Waals surface area contributed by atoms with Crippen LogP contribution >= 0.6 is 11.3 Å². The van der Waals surface area contributed by atoms with Gasteiger partial charge < -0.3 is 5.32 Å². The Morgan fingerprint density at radius 1 is 1.19 bits per heavy atom. The number of hydrogen-bond acceptors (Lipinski definition) is 5. The third-order valence-corrected chi connectivity index (χ3v) is 6.18. The van der Waals surface area contributed by atoms with Crippen molar-refractivity contribution in [3.05, 3.63) is 62.1 Å². The molecule has 0 atom stereocenters. The maximum atomic E-state index is 13.1. The van der Waals surface area contributed by atoms with Gasteiger partial charge in [-0.05, 0) is 41.8 Å². The standard InChI is InChI=1S/C22H25N5O3S/c1-4-15-7-5-6-8-16(15)23-18(28)13-26-22(30)27-17-10-12-31-19(17)20(29)25(21(27)24-26)11-9-14(2)3/h5-8,10,12,14H,4,9,11,13H2,1-3H3,(H,23,28). The first kappa shape index (κ1) is 21.0. The van der Waals surface area contributed by atoms with Gasteiger partial charge in [-0.15, -0.1) is 16.4 Å². The quantitative estimate of drug-likeness (QED) is 0.479. The molecule has 1 aromatic carbocycles. The van der Waals surface area contributed by atoms with E-state index in [0.717, 1.165) is 28.8 Å². The van der Waals surface area contributed by atoms with E-state index in [2.05, 4.69) is 24.3 Å². The molecule has 31 heavy (non-hydrogen) atoms. The summed E-state index contributed by atoms with van der Waals surface area (Å²) in [5.41, 5.74) is 1.67. The number of hydrogen-bond donors (Lipinski definition) is 1. The Balaban J connectivity index is 1.75. The van der Waals surface area contributed by atoms with Crippen LogP contribution in [0.15, 0.2) is 45.3 Å². The highest BCUT2D eigenvalue weighted by molar-refractivity contribution is 7.17.